The highest BCUT2D eigenvalue weighted by molar-refractivity contribution is 7.87. The maximum atomic E-state index is 10.9. The normalized spacial score (nSPS) is 29.5. The van der Waals surface area contributed by atoms with Crippen LogP contribution in [0.4, 0.5) is 0 Å². The van der Waals surface area contributed by atoms with Crippen molar-refractivity contribution in [3.8, 4) is 0 Å². The summed E-state index contributed by atoms with van der Waals surface area (Å²) in [6.45, 7) is 1.66. The first-order chi connectivity index (χ1) is 5.77. The maximum absolute atomic E-state index is 10.9. The minimum Gasteiger partial charge on any atom is -0.509 e. The highest BCUT2D eigenvalue weighted by Crippen LogP contribution is 2.29. The smallest absolute Gasteiger partial charge is 0.291 e. The van der Waals surface area contributed by atoms with E-state index >= 15 is 0 Å². The molecule has 0 aromatic heterocycles. The zero-order chi connectivity index (χ0) is 10.3. The second kappa shape index (κ2) is 2.83. The molecule has 0 spiro atoms. The first-order valence-corrected chi connectivity index (χ1v) is 5.04. The molecule has 0 bridgehead atoms. The van der Waals surface area contributed by atoms with Crippen LogP contribution in [0, 0.1) is 0 Å². The van der Waals surface area contributed by atoms with Crippen LogP contribution in [-0.4, -0.2) is 22.9 Å². The molecule has 0 saturated heterocycles. The summed E-state index contributed by atoms with van der Waals surface area (Å²) in [5.41, 5.74) is 6.05. The number of rotatable bonds is 1. The molecule has 13 heavy (non-hydrogen) atoms. The third-order valence-electron chi connectivity index (χ3n) is 1.96. The SMILES string of the molecule is CC1=CC=C(O)C(N)(S(=O)(=O)O)C1. The molecule has 1 atom stereocenters. The Morgan fingerprint density at radius 3 is 2.46 bits per heavy atom. The molecule has 6 heteroatoms. The van der Waals surface area contributed by atoms with Gasteiger partial charge in [0.2, 0.25) is 4.87 Å². The van der Waals surface area contributed by atoms with Gasteiger partial charge in [0.15, 0.2) is 0 Å². The van der Waals surface area contributed by atoms with Crippen molar-refractivity contribution < 1.29 is 18.1 Å². The fourth-order valence-electron chi connectivity index (χ4n) is 1.15. The third kappa shape index (κ3) is 1.60. The molecule has 0 amide bonds. The van der Waals surface area contributed by atoms with E-state index in [4.69, 9.17) is 10.3 Å². The molecule has 1 unspecified atom stereocenters. The molecule has 1 aliphatic rings. The van der Waals surface area contributed by atoms with Gasteiger partial charge >= 0.3 is 0 Å². The van der Waals surface area contributed by atoms with Gasteiger partial charge in [0.05, 0.1) is 0 Å². The van der Waals surface area contributed by atoms with Crippen LogP contribution >= 0.6 is 0 Å². The Morgan fingerprint density at radius 1 is 1.54 bits per heavy atom. The molecule has 0 aromatic carbocycles. The zero-order valence-corrected chi connectivity index (χ0v) is 7.87. The van der Waals surface area contributed by atoms with Gasteiger partial charge in [-0.1, -0.05) is 11.6 Å². The number of nitrogens with two attached hydrogens (primary N) is 1. The van der Waals surface area contributed by atoms with Crippen molar-refractivity contribution in [2.75, 3.05) is 0 Å². The Balaban J connectivity index is 3.23. The number of hydrogen-bond acceptors (Lipinski definition) is 4. The minimum atomic E-state index is -4.49. The predicted molar refractivity (Wildman–Crippen MR) is 47.6 cm³/mol. The molecule has 1 aliphatic carbocycles. The standard InChI is InChI=1S/C7H11NO4S/c1-5-2-3-6(9)7(8,4-5)13(10,11)12/h2-3,9H,4,8H2,1H3,(H,10,11,12). The molecular weight excluding hydrogens is 194 g/mol. The Hall–Kier alpha value is -0.850. The molecule has 0 radical (unpaired) electrons. The van der Waals surface area contributed by atoms with Crippen molar-refractivity contribution in [3.63, 3.8) is 0 Å². The van der Waals surface area contributed by atoms with E-state index in [0.29, 0.717) is 5.57 Å². The van der Waals surface area contributed by atoms with Crippen molar-refractivity contribution in [1.29, 1.82) is 0 Å². The van der Waals surface area contributed by atoms with Gasteiger partial charge in [0.25, 0.3) is 10.1 Å². The van der Waals surface area contributed by atoms with Gasteiger partial charge in [0.1, 0.15) is 5.76 Å². The summed E-state index contributed by atoms with van der Waals surface area (Å²) in [7, 11) is -4.49. The van der Waals surface area contributed by atoms with Gasteiger partial charge in [-0.05, 0) is 13.0 Å². The van der Waals surface area contributed by atoms with Crippen molar-refractivity contribution in [2.45, 2.75) is 18.2 Å². The lowest BCUT2D eigenvalue weighted by Crippen LogP contribution is -2.50. The van der Waals surface area contributed by atoms with Crippen LogP contribution in [0.1, 0.15) is 13.3 Å². The van der Waals surface area contributed by atoms with Crippen LogP contribution in [-0.2, 0) is 10.1 Å². The molecular formula is C7H11NO4S. The Morgan fingerprint density at radius 2 is 2.08 bits per heavy atom. The summed E-state index contributed by atoms with van der Waals surface area (Å²) >= 11 is 0. The Bertz CT molecular complexity index is 381. The van der Waals surface area contributed by atoms with Crippen LogP contribution in [0.5, 0.6) is 0 Å². The molecule has 0 saturated carbocycles. The van der Waals surface area contributed by atoms with Crippen LogP contribution < -0.4 is 5.73 Å². The second-order valence-electron chi connectivity index (χ2n) is 3.11. The van der Waals surface area contributed by atoms with E-state index in [2.05, 4.69) is 0 Å². The predicted octanol–water partition coefficient (Wildman–Crippen LogP) is 0.321. The van der Waals surface area contributed by atoms with Crippen molar-refractivity contribution >= 4 is 10.1 Å². The van der Waals surface area contributed by atoms with E-state index in [0.717, 1.165) is 0 Å². The number of hydrogen-bond donors (Lipinski definition) is 3. The first kappa shape index (κ1) is 10.2. The molecule has 0 fully saturated rings. The highest BCUT2D eigenvalue weighted by Gasteiger charge is 2.44. The van der Waals surface area contributed by atoms with Crippen molar-refractivity contribution in [1.82, 2.24) is 0 Å². The van der Waals surface area contributed by atoms with Crippen LogP contribution in [0.15, 0.2) is 23.5 Å². The van der Waals surface area contributed by atoms with E-state index in [1.54, 1.807) is 13.0 Å². The lowest BCUT2D eigenvalue weighted by Gasteiger charge is -2.27. The molecule has 4 N–H and O–H groups in total. The van der Waals surface area contributed by atoms with Gasteiger partial charge in [0, 0.05) is 6.42 Å². The number of aliphatic hydroxyl groups excluding tert-OH is 1. The molecule has 5 nitrogen and oxygen atoms in total. The molecule has 74 valence electrons. The monoisotopic (exact) mass is 205 g/mol. The summed E-state index contributed by atoms with van der Waals surface area (Å²) < 4.78 is 30.5. The molecule has 0 heterocycles. The fourth-order valence-corrected chi connectivity index (χ4v) is 1.89. The fraction of sp³-hybridized carbons (Fsp3) is 0.429. The Labute approximate surface area is 76.3 Å². The van der Waals surface area contributed by atoms with Gasteiger partial charge in [-0.15, -0.1) is 0 Å². The van der Waals surface area contributed by atoms with Crippen LogP contribution in [0.25, 0.3) is 0 Å². The summed E-state index contributed by atoms with van der Waals surface area (Å²) in [6.07, 6.45) is 2.62. The second-order valence-corrected chi connectivity index (χ2v) is 4.78. The van der Waals surface area contributed by atoms with Crippen LogP contribution in [0.2, 0.25) is 0 Å². The Kier molecular flexibility index (Phi) is 2.23. The van der Waals surface area contributed by atoms with E-state index in [1.807, 2.05) is 0 Å². The van der Waals surface area contributed by atoms with Gasteiger partial charge < -0.3 is 10.8 Å². The average molecular weight is 205 g/mol. The van der Waals surface area contributed by atoms with Gasteiger partial charge in [-0.25, -0.2) is 0 Å². The topological polar surface area (TPSA) is 101 Å². The molecule has 0 aliphatic heterocycles. The van der Waals surface area contributed by atoms with E-state index in [9.17, 15) is 13.5 Å². The zero-order valence-electron chi connectivity index (χ0n) is 7.06. The quantitative estimate of drug-likeness (QED) is 0.535. The summed E-state index contributed by atoms with van der Waals surface area (Å²) in [6, 6.07) is 0. The summed E-state index contributed by atoms with van der Waals surface area (Å²) in [5, 5.41) is 9.23. The summed E-state index contributed by atoms with van der Waals surface area (Å²) in [4.78, 5) is -2.08. The maximum Gasteiger partial charge on any atom is 0.291 e. The third-order valence-corrected chi connectivity index (χ3v) is 3.24. The molecule has 0 aromatic rings. The van der Waals surface area contributed by atoms with E-state index in [1.165, 1.54) is 6.08 Å². The van der Waals surface area contributed by atoms with Gasteiger partial charge in [-0.2, -0.15) is 8.42 Å². The molecule has 1 rings (SSSR count). The first-order valence-electron chi connectivity index (χ1n) is 3.60. The highest BCUT2D eigenvalue weighted by atomic mass is 32.2. The lowest BCUT2D eigenvalue weighted by atomic mass is 10.0. The van der Waals surface area contributed by atoms with E-state index < -0.39 is 20.7 Å². The average Bonchev–Trinajstić information content (AvgIpc) is 1.95. The lowest BCUT2D eigenvalue weighted by molar-refractivity contribution is 0.321. The van der Waals surface area contributed by atoms with Crippen molar-refractivity contribution in [3.05, 3.63) is 23.5 Å². The largest absolute Gasteiger partial charge is 0.509 e. The van der Waals surface area contributed by atoms with Crippen LogP contribution in [0.3, 0.4) is 0 Å². The van der Waals surface area contributed by atoms with Crippen molar-refractivity contribution in [2.24, 2.45) is 5.73 Å². The number of allylic oxidation sites excluding steroid dienone is 2. The van der Waals surface area contributed by atoms with E-state index in [-0.39, 0.29) is 6.42 Å². The summed E-state index contributed by atoms with van der Waals surface area (Å²) in [5.74, 6) is -0.541. The number of aliphatic hydroxyl groups is 1. The minimum absolute atomic E-state index is 0.103. The van der Waals surface area contributed by atoms with Gasteiger partial charge in [-0.3, -0.25) is 4.55 Å².